The molecule has 4 heterocycles. The lowest BCUT2D eigenvalue weighted by Gasteiger charge is -2.29. The van der Waals surface area contributed by atoms with Gasteiger partial charge in [0.05, 0.1) is 25.1 Å². The molecule has 0 radical (unpaired) electrons. The molecule has 2 fully saturated rings. The molecule has 0 spiro atoms. The number of carbonyl (C=O) groups is 1. The fourth-order valence-electron chi connectivity index (χ4n) is 3.40. The molecule has 0 saturated carbocycles. The lowest BCUT2D eigenvalue weighted by atomic mass is 10.1. The number of likely N-dealkylation sites (tertiary alicyclic amines) is 1. The van der Waals surface area contributed by atoms with E-state index in [2.05, 4.69) is 25.2 Å². The number of ether oxygens (including phenoxy) is 2. The number of piperidine rings is 1. The Balaban J connectivity index is 1.33. The second-order valence-electron chi connectivity index (χ2n) is 6.96. The van der Waals surface area contributed by atoms with E-state index in [-0.39, 0.29) is 6.10 Å². The lowest BCUT2D eigenvalue weighted by molar-refractivity contribution is 0.0870. The lowest BCUT2D eigenvalue weighted by Crippen LogP contribution is -2.41. The predicted octanol–water partition coefficient (Wildman–Crippen LogP) is 1.97. The average Bonchev–Trinajstić information content (AvgIpc) is 2.76. The quantitative estimate of drug-likeness (QED) is 0.777. The van der Waals surface area contributed by atoms with Crippen molar-refractivity contribution in [2.24, 2.45) is 0 Å². The van der Waals surface area contributed by atoms with Gasteiger partial charge >= 0.3 is 6.09 Å². The molecule has 2 aromatic rings. The van der Waals surface area contributed by atoms with Crippen molar-refractivity contribution in [2.75, 3.05) is 49.6 Å². The maximum Gasteiger partial charge on any atom is 0.407 e. The van der Waals surface area contributed by atoms with Gasteiger partial charge in [0.15, 0.2) is 0 Å². The highest BCUT2D eigenvalue weighted by Gasteiger charge is 2.23. The van der Waals surface area contributed by atoms with E-state index in [1.165, 1.54) is 11.2 Å². The van der Waals surface area contributed by atoms with Crippen LogP contribution in [0.15, 0.2) is 30.7 Å². The summed E-state index contributed by atoms with van der Waals surface area (Å²) in [6.07, 6.45) is 3.57. The van der Waals surface area contributed by atoms with Crippen LogP contribution in [0, 0.1) is 0 Å². The molecule has 0 unspecified atom stereocenters. The van der Waals surface area contributed by atoms with Crippen molar-refractivity contribution in [3.63, 3.8) is 0 Å². The molecule has 2 N–H and O–H groups in total. The second kappa shape index (κ2) is 8.91. The predicted molar refractivity (Wildman–Crippen MR) is 106 cm³/mol. The maximum atomic E-state index is 11.0. The van der Waals surface area contributed by atoms with Crippen LogP contribution < -0.4 is 15.0 Å². The molecule has 2 aliphatic heterocycles. The highest BCUT2D eigenvalue weighted by molar-refractivity contribution is 5.65. The van der Waals surface area contributed by atoms with Gasteiger partial charge in [0.2, 0.25) is 5.88 Å². The SMILES string of the molecule is O=C(O)N1CCC(Oc2cc(Nc3ccc(N4CCOCC4)nc3)ncn2)CC1. The minimum atomic E-state index is -0.884. The molecule has 0 aromatic carbocycles. The number of aromatic nitrogens is 3. The van der Waals surface area contributed by atoms with Gasteiger partial charge in [0.25, 0.3) is 0 Å². The first kappa shape index (κ1) is 19.2. The summed E-state index contributed by atoms with van der Waals surface area (Å²) >= 11 is 0. The standard InChI is InChI=1S/C19H24N6O4/c26-19(27)25-5-3-15(4-6-25)29-18-11-16(21-13-22-18)23-14-1-2-17(20-12-14)24-7-9-28-10-8-24/h1-2,11-13,15H,3-10H2,(H,26,27)(H,21,22,23). The minimum Gasteiger partial charge on any atom is -0.474 e. The molecule has 0 atom stereocenters. The maximum absolute atomic E-state index is 11.0. The second-order valence-corrected chi connectivity index (χ2v) is 6.96. The number of nitrogens with zero attached hydrogens (tertiary/aromatic N) is 5. The highest BCUT2D eigenvalue weighted by Crippen LogP contribution is 2.22. The van der Waals surface area contributed by atoms with Crippen molar-refractivity contribution >= 4 is 23.4 Å². The molecular weight excluding hydrogens is 376 g/mol. The van der Waals surface area contributed by atoms with E-state index in [1.54, 1.807) is 12.3 Å². The van der Waals surface area contributed by atoms with Gasteiger partial charge in [-0.05, 0) is 12.1 Å². The van der Waals surface area contributed by atoms with Gasteiger partial charge in [-0.2, -0.15) is 0 Å². The van der Waals surface area contributed by atoms with Crippen LogP contribution in [-0.2, 0) is 4.74 Å². The summed E-state index contributed by atoms with van der Waals surface area (Å²) in [4.78, 5) is 27.5. The molecule has 154 valence electrons. The Hall–Kier alpha value is -3.14. The topological polar surface area (TPSA) is 113 Å². The van der Waals surface area contributed by atoms with E-state index in [9.17, 15) is 4.79 Å². The molecule has 0 aliphatic carbocycles. The van der Waals surface area contributed by atoms with Gasteiger partial charge in [-0.25, -0.2) is 19.7 Å². The van der Waals surface area contributed by atoms with E-state index >= 15 is 0 Å². The largest absolute Gasteiger partial charge is 0.474 e. The number of hydrogen-bond acceptors (Lipinski definition) is 8. The van der Waals surface area contributed by atoms with Crippen LogP contribution in [0.4, 0.5) is 22.1 Å². The Kier molecular flexibility index (Phi) is 5.89. The molecule has 0 bridgehead atoms. The molecule has 2 aliphatic rings. The smallest absolute Gasteiger partial charge is 0.407 e. The number of anilines is 3. The van der Waals surface area contributed by atoms with Crippen molar-refractivity contribution in [3.05, 3.63) is 30.7 Å². The molecule has 10 heteroatoms. The van der Waals surface area contributed by atoms with Crippen LogP contribution in [0.1, 0.15) is 12.8 Å². The minimum absolute atomic E-state index is 0.0529. The van der Waals surface area contributed by atoms with Crippen LogP contribution in [0.3, 0.4) is 0 Å². The van der Waals surface area contributed by atoms with Gasteiger partial charge < -0.3 is 29.7 Å². The number of carboxylic acid groups (broad SMARTS) is 1. The Morgan fingerprint density at radius 3 is 2.62 bits per heavy atom. The van der Waals surface area contributed by atoms with Gasteiger partial charge in [-0.3, -0.25) is 0 Å². The Morgan fingerprint density at radius 1 is 1.14 bits per heavy atom. The zero-order chi connectivity index (χ0) is 20.1. The zero-order valence-corrected chi connectivity index (χ0v) is 16.0. The first-order valence-corrected chi connectivity index (χ1v) is 9.70. The van der Waals surface area contributed by atoms with Crippen molar-refractivity contribution in [1.29, 1.82) is 0 Å². The zero-order valence-electron chi connectivity index (χ0n) is 16.0. The van der Waals surface area contributed by atoms with E-state index < -0.39 is 6.09 Å². The summed E-state index contributed by atoms with van der Waals surface area (Å²) in [6.45, 7) is 4.08. The van der Waals surface area contributed by atoms with E-state index in [0.29, 0.717) is 37.6 Å². The summed E-state index contributed by atoms with van der Waals surface area (Å²) < 4.78 is 11.3. The third-order valence-electron chi connectivity index (χ3n) is 5.00. The normalized spacial score (nSPS) is 17.8. The third-order valence-corrected chi connectivity index (χ3v) is 5.00. The van der Waals surface area contributed by atoms with Crippen LogP contribution in [0.25, 0.3) is 0 Å². The summed E-state index contributed by atoms with van der Waals surface area (Å²) in [5.41, 5.74) is 0.821. The number of nitrogens with one attached hydrogen (secondary N) is 1. The number of pyridine rings is 1. The molecule has 29 heavy (non-hydrogen) atoms. The molecule has 2 saturated heterocycles. The van der Waals surface area contributed by atoms with E-state index in [4.69, 9.17) is 14.6 Å². The van der Waals surface area contributed by atoms with Gasteiger partial charge in [-0.1, -0.05) is 0 Å². The summed E-state index contributed by atoms with van der Waals surface area (Å²) in [5, 5.41) is 12.2. The number of morpholine rings is 1. The molecule has 1 amide bonds. The Bertz CT molecular complexity index is 820. The molecule has 10 nitrogen and oxygen atoms in total. The van der Waals surface area contributed by atoms with Crippen molar-refractivity contribution in [2.45, 2.75) is 18.9 Å². The van der Waals surface area contributed by atoms with Crippen molar-refractivity contribution < 1.29 is 19.4 Å². The highest BCUT2D eigenvalue weighted by atomic mass is 16.5. The van der Waals surface area contributed by atoms with Gasteiger partial charge in [-0.15, -0.1) is 0 Å². The fraction of sp³-hybridized carbons (Fsp3) is 0.474. The van der Waals surface area contributed by atoms with Crippen LogP contribution >= 0.6 is 0 Å². The summed E-state index contributed by atoms with van der Waals surface area (Å²) in [6, 6.07) is 5.67. The molecule has 4 rings (SSSR count). The molecule has 2 aromatic heterocycles. The fourth-order valence-corrected chi connectivity index (χ4v) is 3.40. The van der Waals surface area contributed by atoms with Gasteiger partial charge in [0, 0.05) is 45.1 Å². The first-order chi connectivity index (χ1) is 14.2. The molecular formula is C19H24N6O4. The van der Waals surface area contributed by atoms with Crippen LogP contribution in [0.2, 0.25) is 0 Å². The summed E-state index contributed by atoms with van der Waals surface area (Å²) in [5.74, 6) is 2.01. The Labute approximate surface area is 168 Å². The van der Waals surface area contributed by atoms with E-state index in [1.807, 2.05) is 12.1 Å². The number of rotatable bonds is 5. The summed E-state index contributed by atoms with van der Waals surface area (Å²) in [7, 11) is 0. The van der Waals surface area contributed by atoms with Crippen molar-refractivity contribution in [1.82, 2.24) is 19.9 Å². The van der Waals surface area contributed by atoms with Crippen molar-refractivity contribution in [3.8, 4) is 5.88 Å². The van der Waals surface area contributed by atoms with Gasteiger partial charge in [0.1, 0.15) is 24.1 Å². The first-order valence-electron chi connectivity index (χ1n) is 9.70. The number of hydrogen-bond donors (Lipinski definition) is 2. The third kappa shape index (κ3) is 5.02. The average molecular weight is 400 g/mol. The number of amides is 1. The Morgan fingerprint density at radius 2 is 1.93 bits per heavy atom. The van der Waals surface area contributed by atoms with E-state index in [0.717, 1.165) is 37.8 Å². The van der Waals surface area contributed by atoms with Crippen LogP contribution in [-0.4, -0.2) is 76.5 Å². The van der Waals surface area contributed by atoms with Crippen LogP contribution in [0.5, 0.6) is 5.88 Å². The monoisotopic (exact) mass is 400 g/mol.